The van der Waals surface area contributed by atoms with Crippen molar-refractivity contribution in [3.63, 3.8) is 0 Å². The smallest absolute Gasteiger partial charge is 0.159 e. The van der Waals surface area contributed by atoms with Crippen LogP contribution in [-0.2, 0) is 6.42 Å². The summed E-state index contributed by atoms with van der Waals surface area (Å²) in [5, 5.41) is 5.04. The molecule has 0 radical (unpaired) electrons. The van der Waals surface area contributed by atoms with E-state index in [9.17, 15) is 0 Å². The molecule has 90 valence electrons. The van der Waals surface area contributed by atoms with E-state index in [1.54, 1.807) is 4.68 Å². The summed E-state index contributed by atoms with van der Waals surface area (Å²) in [6.45, 7) is 5.91. The lowest BCUT2D eigenvalue weighted by Gasteiger charge is -2.04. The second kappa shape index (κ2) is 4.84. The average Bonchev–Trinajstić information content (AvgIpc) is 2.58. The first-order valence-corrected chi connectivity index (χ1v) is 6.05. The largest absolute Gasteiger partial charge is 0.238 e. The first kappa shape index (κ1) is 12.0. The Bertz CT molecular complexity index is 513. The van der Waals surface area contributed by atoms with E-state index in [0.717, 1.165) is 35.9 Å². The standard InChI is InChI=1S/C12H15ClN4/c1-4-5-10-7-11(13)17(16-10)12-6-8(2)14-9(3)15-12/h6-7H,4-5H2,1-3H3. The van der Waals surface area contributed by atoms with Gasteiger partial charge in [-0.15, -0.1) is 0 Å². The van der Waals surface area contributed by atoms with Crippen molar-refractivity contribution in [1.29, 1.82) is 0 Å². The van der Waals surface area contributed by atoms with Crippen molar-refractivity contribution in [1.82, 2.24) is 19.7 Å². The molecule has 0 N–H and O–H groups in total. The molecule has 0 aliphatic carbocycles. The topological polar surface area (TPSA) is 43.6 Å². The number of rotatable bonds is 3. The fraction of sp³-hybridized carbons (Fsp3) is 0.417. The molecule has 0 bridgehead atoms. The Balaban J connectivity index is 2.44. The lowest BCUT2D eigenvalue weighted by molar-refractivity contribution is 0.779. The van der Waals surface area contributed by atoms with Gasteiger partial charge in [-0.05, 0) is 26.3 Å². The fourth-order valence-electron chi connectivity index (χ4n) is 1.75. The summed E-state index contributed by atoms with van der Waals surface area (Å²) in [4.78, 5) is 8.58. The zero-order chi connectivity index (χ0) is 12.4. The minimum Gasteiger partial charge on any atom is -0.238 e. The maximum Gasteiger partial charge on any atom is 0.159 e. The molecule has 0 aromatic carbocycles. The van der Waals surface area contributed by atoms with E-state index in [1.165, 1.54) is 0 Å². The number of hydrogen-bond acceptors (Lipinski definition) is 3. The SMILES string of the molecule is CCCc1cc(Cl)n(-c2cc(C)nc(C)n2)n1. The minimum atomic E-state index is 0.589. The predicted octanol–water partition coefficient (Wildman–Crippen LogP) is 2.89. The Labute approximate surface area is 106 Å². The van der Waals surface area contributed by atoms with Crippen LogP contribution in [0.5, 0.6) is 0 Å². The van der Waals surface area contributed by atoms with E-state index >= 15 is 0 Å². The van der Waals surface area contributed by atoms with Gasteiger partial charge in [-0.3, -0.25) is 0 Å². The average molecular weight is 251 g/mol. The molecule has 4 nitrogen and oxygen atoms in total. The van der Waals surface area contributed by atoms with Crippen molar-refractivity contribution < 1.29 is 0 Å². The molecule has 0 aliphatic rings. The number of nitrogens with zero attached hydrogens (tertiary/aromatic N) is 4. The molecule has 0 amide bonds. The van der Waals surface area contributed by atoms with Crippen LogP contribution in [0.3, 0.4) is 0 Å². The van der Waals surface area contributed by atoms with Gasteiger partial charge in [-0.2, -0.15) is 5.10 Å². The van der Waals surface area contributed by atoms with Crippen LogP contribution in [0.4, 0.5) is 0 Å². The van der Waals surface area contributed by atoms with E-state index in [0.29, 0.717) is 5.15 Å². The van der Waals surface area contributed by atoms with Crippen LogP contribution < -0.4 is 0 Å². The van der Waals surface area contributed by atoms with E-state index in [2.05, 4.69) is 22.0 Å². The van der Waals surface area contributed by atoms with Crippen LogP contribution in [0.2, 0.25) is 5.15 Å². The van der Waals surface area contributed by atoms with Gasteiger partial charge in [0.15, 0.2) is 5.82 Å². The normalized spacial score (nSPS) is 10.8. The highest BCUT2D eigenvalue weighted by atomic mass is 35.5. The molecule has 17 heavy (non-hydrogen) atoms. The Morgan fingerprint density at radius 1 is 1.24 bits per heavy atom. The van der Waals surface area contributed by atoms with Gasteiger partial charge in [-0.1, -0.05) is 24.9 Å². The third-order valence-corrected chi connectivity index (χ3v) is 2.66. The van der Waals surface area contributed by atoms with E-state index in [4.69, 9.17) is 11.6 Å². The number of halogens is 1. The quantitative estimate of drug-likeness (QED) is 0.841. The summed E-state index contributed by atoms with van der Waals surface area (Å²) in [7, 11) is 0. The van der Waals surface area contributed by atoms with E-state index in [-0.39, 0.29) is 0 Å². The summed E-state index contributed by atoms with van der Waals surface area (Å²) in [5.74, 6) is 1.45. The monoisotopic (exact) mass is 250 g/mol. The molecule has 0 atom stereocenters. The minimum absolute atomic E-state index is 0.589. The predicted molar refractivity (Wildman–Crippen MR) is 67.6 cm³/mol. The second-order valence-electron chi connectivity index (χ2n) is 4.03. The zero-order valence-electron chi connectivity index (χ0n) is 10.2. The highest BCUT2D eigenvalue weighted by Gasteiger charge is 2.09. The fourth-order valence-corrected chi connectivity index (χ4v) is 2.00. The third kappa shape index (κ3) is 2.64. The molecule has 0 saturated carbocycles. The summed E-state index contributed by atoms with van der Waals surface area (Å²) in [5.41, 5.74) is 1.91. The van der Waals surface area contributed by atoms with Crippen molar-refractivity contribution >= 4 is 11.6 Å². The Hall–Kier alpha value is -1.42. The summed E-state index contributed by atoms with van der Waals surface area (Å²) in [6, 6.07) is 3.76. The molecule has 0 aliphatic heterocycles. The Morgan fingerprint density at radius 3 is 2.65 bits per heavy atom. The molecule has 0 saturated heterocycles. The first-order chi connectivity index (χ1) is 8.10. The number of aromatic nitrogens is 4. The Morgan fingerprint density at radius 2 is 2.00 bits per heavy atom. The molecular formula is C12H15ClN4. The van der Waals surface area contributed by atoms with Gasteiger partial charge < -0.3 is 0 Å². The van der Waals surface area contributed by atoms with Gasteiger partial charge in [0.2, 0.25) is 0 Å². The molecular weight excluding hydrogens is 236 g/mol. The van der Waals surface area contributed by atoms with E-state index in [1.807, 2.05) is 26.0 Å². The van der Waals surface area contributed by atoms with Gasteiger partial charge in [0.1, 0.15) is 11.0 Å². The Kier molecular flexibility index (Phi) is 3.43. The maximum absolute atomic E-state index is 6.16. The lowest BCUT2D eigenvalue weighted by atomic mass is 10.3. The van der Waals surface area contributed by atoms with Crippen LogP contribution >= 0.6 is 11.6 Å². The van der Waals surface area contributed by atoms with Gasteiger partial charge in [-0.25, -0.2) is 14.6 Å². The molecule has 2 heterocycles. The number of aryl methyl sites for hydroxylation is 3. The number of hydrogen-bond donors (Lipinski definition) is 0. The zero-order valence-corrected chi connectivity index (χ0v) is 11.0. The molecule has 0 spiro atoms. The van der Waals surface area contributed by atoms with Gasteiger partial charge >= 0.3 is 0 Å². The third-order valence-electron chi connectivity index (χ3n) is 2.39. The van der Waals surface area contributed by atoms with Crippen molar-refractivity contribution in [2.75, 3.05) is 0 Å². The van der Waals surface area contributed by atoms with Crippen LogP contribution in [0, 0.1) is 13.8 Å². The lowest BCUT2D eigenvalue weighted by Crippen LogP contribution is -2.04. The molecule has 2 aromatic heterocycles. The van der Waals surface area contributed by atoms with Gasteiger partial charge in [0.05, 0.1) is 5.69 Å². The van der Waals surface area contributed by atoms with Crippen molar-refractivity contribution in [3.8, 4) is 5.82 Å². The van der Waals surface area contributed by atoms with Gasteiger partial charge in [0.25, 0.3) is 0 Å². The summed E-state index contributed by atoms with van der Waals surface area (Å²) in [6.07, 6.45) is 1.98. The highest BCUT2D eigenvalue weighted by molar-refractivity contribution is 6.29. The van der Waals surface area contributed by atoms with Crippen LogP contribution in [-0.4, -0.2) is 19.7 Å². The van der Waals surface area contributed by atoms with Crippen LogP contribution in [0.25, 0.3) is 5.82 Å². The molecule has 2 rings (SSSR count). The van der Waals surface area contributed by atoms with Crippen molar-refractivity contribution in [3.05, 3.63) is 34.5 Å². The molecule has 2 aromatic rings. The van der Waals surface area contributed by atoms with E-state index < -0.39 is 0 Å². The highest BCUT2D eigenvalue weighted by Crippen LogP contribution is 2.17. The van der Waals surface area contributed by atoms with Gasteiger partial charge in [0, 0.05) is 11.8 Å². The molecule has 0 unspecified atom stereocenters. The van der Waals surface area contributed by atoms with Crippen molar-refractivity contribution in [2.45, 2.75) is 33.6 Å². The first-order valence-electron chi connectivity index (χ1n) is 5.67. The summed E-state index contributed by atoms with van der Waals surface area (Å²) < 4.78 is 1.66. The van der Waals surface area contributed by atoms with Crippen LogP contribution in [0.1, 0.15) is 30.6 Å². The molecule has 5 heteroatoms. The summed E-state index contributed by atoms with van der Waals surface area (Å²) >= 11 is 6.16. The maximum atomic E-state index is 6.16. The molecule has 0 fully saturated rings. The van der Waals surface area contributed by atoms with Crippen LogP contribution in [0.15, 0.2) is 12.1 Å². The van der Waals surface area contributed by atoms with Crippen molar-refractivity contribution in [2.24, 2.45) is 0 Å². The second-order valence-corrected chi connectivity index (χ2v) is 4.42.